The molecule has 0 fully saturated rings. The zero-order chi connectivity index (χ0) is 17.8. The summed E-state index contributed by atoms with van der Waals surface area (Å²) in [6.07, 6.45) is 8.39. The first-order chi connectivity index (χ1) is 10.4. The third-order valence-corrected chi connectivity index (χ3v) is 1.73. The Morgan fingerprint density at radius 3 is 1.36 bits per heavy atom. The predicted octanol–water partition coefficient (Wildman–Crippen LogP) is 5.69. The molecule has 22 heavy (non-hydrogen) atoms. The molecule has 0 aromatic heterocycles. The van der Waals surface area contributed by atoms with E-state index >= 15 is 0 Å². The van der Waals surface area contributed by atoms with E-state index in [1.165, 1.54) is 12.5 Å². The van der Waals surface area contributed by atoms with E-state index < -0.39 is 5.97 Å². The fourth-order valence-electron chi connectivity index (χ4n) is 0.589. The van der Waals surface area contributed by atoms with E-state index in [0.29, 0.717) is 0 Å². The first kappa shape index (κ1) is 24.2. The van der Waals surface area contributed by atoms with E-state index in [0.717, 1.165) is 0 Å². The van der Waals surface area contributed by atoms with Gasteiger partial charge in [-0.05, 0) is 12.5 Å². The summed E-state index contributed by atoms with van der Waals surface area (Å²) in [6, 6.07) is 10.0. The standard InChI is InChI=1S/C8H8.C4H6O2.2C4H6/c1-2-8-6-4-3-5-7-8;1-3(2)4(5)6;2*1-3-4-2/h2-7H,1H2;1H2,2H3,(H,5,6);2*3-4H,1-2H2. The number of carboxylic acids is 1. The van der Waals surface area contributed by atoms with Gasteiger partial charge in [-0.25, -0.2) is 4.79 Å². The van der Waals surface area contributed by atoms with Gasteiger partial charge in [0.15, 0.2) is 0 Å². The Bertz CT molecular complexity index is 432. The summed E-state index contributed by atoms with van der Waals surface area (Å²) in [7, 11) is 0. The summed E-state index contributed by atoms with van der Waals surface area (Å²) in [5.41, 5.74) is 1.35. The van der Waals surface area contributed by atoms with Crippen LogP contribution >= 0.6 is 0 Å². The molecule has 0 saturated heterocycles. The van der Waals surface area contributed by atoms with Gasteiger partial charge in [-0.2, -0.15) is 0 Å². The number of carboxylic acid groups (broad SMARTS) is 1. The van der Waals surface area contributed by atoms with Crippen molar-refractivity contribution in [3.05, 3.63) is 105 Å². The maximum atomic E-state index is 9.60. The maximum absolute atomic E-state index is 9.60. The molecule has 0 spiro atoms. The van der Waals surface area contributed by atoms with Crippen LogP contribution in [0.3, 0.4) is 0 Å². The Labute approximate surface area is 134 Å². The lowest BCUT2D eigenvalue weighted by molar-refractivity contribution is -0.132. The van der Waals surface area contributed by atoms with Gasteiger partial charge >= 0.3 is 5.97 Å². The molecule has 2 heteroatoms. The zero-order valence-corrected chi connectivity index (χ0v) is 13.4. The number of rotatable bonds is 4. The number of carbonyl (C=O) groups is 1. The molecule has 0 aliphatic heterocycles. The number of hydrogen-bond acceptors (Lipinski definition) is 1. The highest BCUT2D eigenvalue weighted by molar-refractivity contribution is 5.84. The molecule has 0 heterocycles. The van der Waals surface area contributed by atoms with Gasteiger partial charge in [0.1, 0.15) is 0 Å². The highest BCUT2D eigenvalue weighted by Gasteiger charge is 1.90. The van der Waals surface area contributed by atoms with Crippen molar-refractivity contribution in [1.29, 1.82) is 0 Å². The number of aliphatic carboxylic acids is 1. The van der Waals surface area contributed by atoms with Gasteiger partial charge in [0, 0.05) is 5.57 Å². The molecule has 0 saturated carbocycles. The van der Waals surface area contributed by atoms with Crippen LogP contribution in [0, 0.1) is 0 Å². The largest absolute Gasteiger partial charge is 0.478 e. The van der Waals surface area contributed by atoms with Crippen LogP contribution in [-0.2, 0) is 4.79 Å². The fourth-order valence-corrected chi connectivity index (χ4v) is 0.589. The molecule has 1 N–H and O–H groups in total. The molecule has 2 nitrogen and oxygen atoms in total. The van der Waals surface area contributed by atoms with Crippen LogP contribution in [0.5, 0.6) is 0 Å². The lowest BCUT2D eigenvalue weighted by atomic mass is 10.2. The van der Waals surface area contributed by atoms with Gasteiger partial charge in [-0.1, -0.05) is 100 Å². The van der Waals surface area contributed by atoms with Gasteiger partial charge in [-0.3, -0.25) is 0 Å². The van der Waals surface area contributed by atoms with Crippen LogP contribution in [0.15, 0.2) is 99.7 Å². The van der Waals surface area contributed by atoms with Crippen LogP contribution in [0.2, 0.25) is 0 Å². The van der Waals surface area contributed by atoms with Crippen molar-refractivity contribution in [3.63, 3.8) is 0 Å². The second-order valence-electron chi connectivity index (χ2n) is 3.64. The Morgan fingerprint density at radius 2 is 1.23 bits per heavy atom. The van der Waals surface area contributed by atoms with Crippen molar-refractivity contribution in [2.45, 2.75) is 6.92 Å². The van der Waals surface area contributed by atoms with Crippen LogP contribution < -0.4 is 0 Å². The Hall–Kier alpha value is -2.87. The molecule has 0 aliphatic carbocycles. The van der Waals surface area contributed by atoms with Crippen molar-refractivity contribution >= 4 is 12.0 Å². The minimum Gasteiger partial charge on any atom is -0.478 e. The van der Waals surface area contributed by atoms with Crippen molar-refractivity contribution in [2.75, 3.05) is 0 Å². The van der Waals surface area contributed by atoms with Gasteiger partial charge in [0.2, 0.25) is 0 Å². The molecule has 0 radical (unpaired) electrons. The molecule has 0 bridgehead atoms. The maximum Gasteiger partial charge on any atom is 0.330 e. The molecule has 0 atom stereocenters. The highest BCUT2D eigenvalue weighted by atomic mass is 16.4. The molecule has 118 valence electrons. The third-order valence-electron chi connectivity index (χ3n) is 1.73. The van der Waals surface area contributed by atoms with Crippen LogP contribution in [0.4, 0.5) is 0 Å². The normalized spacial score (nSPS) is 6.95. The molecule has 0 unspecified atom stereocenters. The number of allylic oxidation sites excluding steroid dienone is 4. The molecule has 1 aromatic carbocycles. The first-order valence-corrected chi connectivity index (χ1v) is 6.44. The van der Waals surface area contributed by atoms with Gasteiger partial charge in [0.05, 0.1) is 0 Å². The average molecular weight is 298 g/mol. The predicted molar refractivity (Wildman–Crippen MR) is 99.8 cm³/mol. The fraction of sp³-hybridized carbons (Fsp3) is 0.0500. The van der Waals surface area contributed by atoms with E-state index in [4.69, 9.17) is 5.11 Å². The summed E-state index contributed by atoms with van der Waals surface area (Å²) in [6.45, 7) is 21.7. The van der Waals surface area contributed by atoms with Crippen molar-refractivity contribution in [1.82, 2.24) is 0 Å². The summed E-state index contributed by atoms with van der Waals surface area (Å²) in [5, 5.41) is 7.89. The van der Waals surface area contributed by atoms with Crippen molar-refractivity contribution in [2.24, 2.45) is 0 Å². The van der Waals surface area contributed by atoms with E-state index in [-0.39, 0.29) is 5.57 Å². The Balaban J connectivity index is -0.000000231. The van der Waals surface area contributed by atoms with Crippen molar-refractivity contribution < 1.29 is 9.90 Å². The lowest BCUT2D eigenvalue weighted by Gasteiger charge is -1.85. The lowest BCUT2D eigenvalue weighted by Crippen LogP contribution is -1.92. The minimum atomic E-state index is -0.935. The van der Waals surface area contributed by atoms with E-state index in [1.54, 1.807) is 24.3 Å². The molecule has 0 aliphatic rings. The van der Waals surface area contributed by atoms with Gasteiger partial charge < -0.3 is 5.11 Å². The second-order valence-corrected chi connectivity index (χ2v) is 3.64. The zero-order valence-electron chi connectivity index (χ0n) is 13.4. The van der Waals surface area contributed by atoms with Crippen molar-refractivity contribution in [3.8, 4) is 0 Å². The summed E-state index contributed by atoms with van der Waals surface area (Å²) < 4.78 is 0. The van der Waals surface area contributed by atoms with E-state index in [2.05, 4.69) is 39.5 Å². The summed E-state index contributed by atoms with van der Waals surface area (Å²) in [4.78, 5) is 9.60. The minimum absolute atomic E-state index is 0.176. The molecular weight excluding hydrogens is 272 g/mol. The summed E-state index contributed by atoms with van der Waals surface area (Å²) in [5.74, 6) is -0.935. The number of hydrogen-bond donors (Lipinski definition) is 1. The molecule has 0 amide bonds. The molecule has 1 rings (SSSR count). The quantitative estimate of drug-likeness (QED) is 0.572. The Morgan fingerprint density at radius 1 is 0.909 bits per heavy atom. The topological polar surface area (TPSA) is 37.3 Å². The second kappa shape index (κ2) is 20.4. The third kappa shape index (κ3) is 25.9. The summed E-state index contributed by atoms with van der Waals surface area (Å²) >= 11 is 0. The highest BCUT2D eigenvalue weighted by Crippen LogP contribution is 1.97. The smallest absolute Gasteiger partial charge is 0.330 e. The van der Waals surface area contributed by atoms with Crippen LogP contribution in [0.1, 0.15) is 12.5 Å². The number of benzene rings is 1. The monoisotopic (exact) mass is 298 g/mol. The van der Waals surface area contributed by atoms with Gasteiger partial charge in [0.25, 0.3) is 0 Å². The Kier molecular flexibility index (Phi) is 22.5. The average Bonchev–Trinajstić information content (AvgIpc) is 2.56. The first-order valence-electron chi connectivity index (χ1n) is 6.44. The molecular formula is C20H26O2. The molecule has 1 aromatic rings. The SMILES string of the molecule is C=C(C)C(=O)O.C=CC=C.C=CC=C.C=Cc1ccccc1. The van der Waals surface area contributed by atoms with Gasteiger partial charge in [-0.15, -0.1) is 0 Å². The van der Waals surface area contributed by atoms with Crippen LogP contribution in [0.25, 0.3) is 6.08 Å². The van der Waals surface area contributed by atoms with Crippen LogP contribution in [-0.4, -0.2) is 11.1 Å². The van der Waals surface area contributed by atoms with E-state index in [1.807, 2.05) is 36.4 Å². The van der Waals surface area contributed by atoms with E-state index in [9.17, 15) is 4.79 Å².